The predicted octanol–water partition coefficient (Wildman–Crippen LogP) is 1.37. The molecule has 0 spiro atoms. The number of carbonyl (C=O) groups is 1. The van der Waals surface area contributed by atoms with Gasteiger partial charge >= 0.3 is 0 Å². The van der Waals surface area contributed by atoms with Crippen LogP contribution >= 0.6 is 0 Å². The molecule has 4 nitrogen and oxygen atoms in total. The fourth-order valence-electron chi connectivity index (χ4n) is 1.63. The van der Waals surface area contributed by atoms with E-state index < -0.39 is 0 Å². The maximum atomic E-state index is 11.5. The van der Waals surface area contributed by atoms with E-state index in [2.05, 4.69) is 27.7 Å². The summed E-state index contributed by atoms with van der Waals surface area (Å²) in [5, 5.41) is 5.96. The topological polar surface area (TPSA) is 44.4 Å². The van der Waals surface area contributed by atoms with Crippen LogP contribution in [0.3, 0.4) is 0 Å². The monoisotopic (exact) mass is 249 g/mol. The second-order valence-electron chi connectivity index (χ2n) is 4.54. The van der Waals surface area contributed by atoms with Crippen LogP contribution in [0.15, 0.2) is 24.3 Å². The summed E-state index contributed by atoms with van der Waals surface area (Å²) in [4.78, 5) is 13.6. The number of hydrogen-bond donors (Lipinski definition) is 2. The number of benzene rings is 1. The Bertz CT molecular complexity index is 360. The minimum absolute atomic E-state index is 0.113. The molecule has 0 unspecified atom stereocenters. The van der Waals surface area contributed by atoms with E-state index in [1.165, 1.54) is 5.69 Å². The molecule has 0 bridgehead atoms. The molecular weight excluding hydrogens is 226 g/mol. The highest BCUT2D eigenvalue weighted by Gasteiger charge is 2.01. The van der Waals surface area contributed by atoms with E-state index in [0.717, 1.165) is 18.5 Å². The van der Waals surface area contributed by atoms with Crippen LogP contribution in [0.4, 0.5) is 5.69 Å². The molecule has 0 saturated carbocycles. The molecule has 2 N–H and O–H groups in total. The molecule has 1 aromatic carbocycles. The van der Waals surface area contributed by atoms with Gasteiger partial charge in [0.2, 0.25) is 5.91 Å². The average Bonchev–Trinajstić information content (AvgIpc) is 2.37. The van der Waals surface area contributed by atoms with E-state index in [1.807, 2.05) is 33.3 Å². The summed E-state index contributed by atoms with van der Waals surface area (Å²) in [5.74, 6) is 0.113. The fraction of sp³-hybridized carbons (Fsp3) is 0.500. The summed E-state index contributed by atoms with van der Waals surface area (Å²) >= 11 is 0. The van der Waals surface area contributed by atoms with Crippen molar-refractivity contribution in [3.63, 3.8) is 0 Å². The SMILES string of the molecule is CNCCCC(=O)NCc1ccc(N(C)C)cc1. The van der Waals surface area contributed by atoms with Crippen molar-refractivity contribution in [1.82, 2.24) is 10.6 Å². The summed E-state index contributed by atoms with van der Waals surface area (Å²) in [7, 11) is 5.92. The molecular formula is C14H23N3O. The number of amides is 1. The zero-order valence-electron chi connectivity index (χ0n) is 11.5. The molecule has 0 saturated heterocycles. The lowest BCUT2D eigenvalue weighted by Gasteiger charge is -2.12. The average molecular weight is 249 g/mol. The Balaban J connectivity index is 2.32. The van der Waals surface area contributed by atoms with Crippen LogP contribution in [0.1, 0.15) is 18.4 Å². The first-order chi connectivity index (χ1) is 8.63. The second-order valence-corrected chi connectivity index (χ2v) is 4.54. The van der Waals surface area contributed by atoms with Gasteiger partial charge in [-0.1, -0.05) is 12.1 Å². The molecule has 0 heterocycles. The van der Waals surface area contributed by atoms with Crippen molar-refractivity contribution in [3.05, 3.63) is 29.8 Å². The van der Waals surface area contributed by atoms with Gasteiger partial charge in [0.15, 0.2) is 0 Å². The number of hydrogen-bond acceptors (Lipinski definition) is 3. The third-order valence-corrected chi connectivity index (χ3v) is 2.77. The van der Waals surface area contributed by atoms with Crippen molar-refractivity contribution < 1.29 is 4.79 Å². The summed E-state index contributed by atoms with van der Waals surface area (Å²) < 4.78 is 0. The Hall–Kier alpha value is -1.55. The van der Waals surface area contributed by atoms with Gasteiger partial charge in [0.25, 0.3) is 0 Å². The maximum absolute atomic E-state index is 11.5. The van der Waals surface area contributed by atoms with Crippen LogP contribution in [-0.2, 0) is 11.3 Å². The third-order valence-electron chi connectivity index (χ3n) is 2.77. The first kappa shape index (κ1) is 14.5. The first-order valence-corrected chi connectivity index (χ1v) is 6.31. The standard InChI is InChI=1S/C14H23N3O/c1-15-10-4-5-14(18)16-11-12-6-8-13(9-7-12)17(2)3/h6-9,15H,4-5,10-11H2,1-3H3,(H,16,18). The summed E-state index contributed by atoms with van der Waals surface area (Å²) in [6.07, 6.45) is 1.46. The molecule has 0 atom stereocenters. The van der Waals surface area contributed by atoms with Crippen LogP contribution in [0.25, 0.3) is 0 Å². The van der Waals surface area contributed by atoms with Gasteiger partial charge in [0.05, 0.1) is 0 Å². The van der Waals surface area contributed by atoms with Gasteiger partial charge in [0.1, 0.15) is 0 Å². The van der Waals surface area contributed by atoms with Gasteiger partial charge in [-0.05, 0) is 37.7 Å². The highest BCUT2D eigenvalue weighted by molar-refractivity contribution is 5.75. The van der Waals surface area contributed by atoms with Crippen LogP contribution in [0.2, 0.25) is 0 Å². The van der Waals surface area contributed by atoms with Gasteiger partial charge < -0.3 is 15.5 Å². The zero-order chi connectivity index (χ0) is 13.4. The minimum atomic E-state index is 0.113. The first-order valence-electron chi connectivity index (χ1n) is 6.31. The van der Waals surface area contributed by atoms with Gasteiger partial charge in [-0.2, -0.15) is 0 Å². The Labute approximate surface area is 109 Å². The van der Waals surface area contributed by atoms with E-state index in [1.54, 1.807) is 0 Å². The van der Waals surface area contributed by atoms with Crippen molar-refractivity contribution in [2.24, 2.45) is 0 Å². The van der Waals surface area contributed by atoms with Crippen molar-refractivity contribution in [3.8, 4) is 0 Å². The van der Waals surface area contributed by atoms with Crippen molar-refractivity contribution in [2.45, 2.75) is 19.4 Å². The van der Waals surface area contributed by atoms with Crippen molar-refractivity contribution in [2.75, 3.05) is 32.6 Å². The molecule has 18 heavy (non-hydrogen) atoms. The molecule has 1 rings (SSSR count). The van der Waals surface area contributed by atoms with E-state index in [4.69, 9.17) is 0 Å². The van der Waals surface area contributed by atoms with Gasteiger partial charge in [-0.3, -0.25) is 4.79 Å². The molecule has 0 aliphatic heterocycles. The lowest BCUT2D eigenvalue weighted by molar-refractivity contribution is -0.121. The number of anilines is 1. The highest BCUT2D eigenvalue weighted by atomic mass is 16.1. The Morgan fingerprint density at radius 1 is 1.22 bits per heavy atom. The lowest BCUT2D eigenvalue weighted by Crippen LogP contribution is -2.23. The van der Waals surface area contributed by atoms with Crippen LogP contribution < -0.4 is 15.5 Å². The Morgan fingerprint density at radius 3 is 2.44 bits per heavy atom. The zero-order valence-corrected chi connectivity index (χ0v) is 11.5. The predicted molar refractivity (Wildman–Crippen MR) is 75.8 cm³/mol. The van der Waals surface area contributed by atoms with Gasteiger partial charge in [-0.25, -0.2) is 0 Å². The summed E-state index contributed by atoms with van der Waals surface area (Å²) in [6, 6.07) is 8.21. The Kier molecular flexibility index (Phi) is 6.22. The summed E-state index contributed by atoms with van der Waals surface area (Å²) in [6.45, 7) is 1.48. The smallest absolute Gasteiger partial charge is 0.220 e. The highest BCUT2D eigenvalue weighted by Crippen LogP contribution is 2.11. The van der Waals surface area contributed by atoms with E-state index in [-0.39, 0.29) is 5.91 Å². The number of nitrogens with zero attached hydrogens (tertiary/aromatic N) is 1. The normalized spacial score (nSPS) is 10.2. The minimum Gasteiger partial charge on any atom is -0.378 e. The number of carbonyl (C=O) groups excluding carboxylic acids is 1. The van der Waals surface area contributed by atoms with E-state index >= 15 is 0 Å². The molecule has 0 fully saturated rings. The lowest BCUT2D eigenvalue weighted by atomic mass is 10.2. The van der Waals surface area contributed by atoms with Gasteiger partial charge in [0, 0.05) is 32.7 Å². The van der Waals surface area contributed by atoms with E-state index in [0.29, 0.717) is 13.0 Å². The largest absolute Gasteiger partial charge is 0.378 e. The van der Waals surface area contributed by atoms with Crippen LogP contribution in [0, 0.1) is 0 Å². The Morgan fingerprint density at radius 2 is 1.89 bits per heavy atom. The maximum Gasteiger partial charge on any atom is 0.220 e. The molecule has 0 aliphatic rings. The number of rotatable bonds is 7. The molecule has 0 radical (unpaired) electrons. The van der Waals surface area contributed by atoms with Crippen LogP contribution in [0.5, 0.6) is 0 Å². The second kappa shape index (κ2) is 7.71. The quantitative estimate of drug-likeness (QED) is 0.717. The fourth-order valence-corrected chi connectivity index (χ4v) is 1.63. The summed E-state index contributed by atoms with van der Waals surface area (Å²) in [5.41, 5.74) is 2.29. The number of nitrogens with one attached hydrogen (secondary N) is 2. The van der Waals surface area contributed by atoms with Crippen molar-refractivity contribution in [1.29, 1.82) is 0 Å². The van der Waals surface area contributed by atoms with Crippen molar-refractivity contribution >= 4 is 11.6 Å². The van der Waals surface area contributed by atoms with Gasteiger partial charge in [-0.15, -0.1) is 0 Å². The van der Waals surface area contributed by atoms with E-state index in [9.17, 15) is 4.79 Å². The molecule has 100 valence electrons. The van der Waals surface area contributed by atoms with Crippen LogP contribution in [-0.4, -0.2) is 33.6 Å². The molecule has 1 amide bonds. The molecule has 4 heteroatoms. The molecule has 1 aromatic rings. The third kappa shape index (κ3) is 5.19. The molecule has 0 aliphatic carbocycles. The molecule has 0 aromatic heterocycles.